The van der Waals surface area contributed by atoms with Crippen molar-refractivity contribution in [2.75, 3.05) is 14.2 Å². The number of nitrogens with one attached hydrogen (secondary N) is 1. The Bertz CT molecular complexity index is 567. The Kier molecular flexibility index (Phi) is 3.75. The van der Waals surface area contributed by atoms with Crippen LogP contribution in [0.4, 0.5) is 0 Å². The van der Waals surface area contributed by atoms with Crippen molar-refractivity contribution in [3.8, 4) is 5.75 Å². The molecular weight excluding hydrogens is 246 g/mol. The quantitative estimate of drug-likeness (QED) is 0.890. The van der Waals surface area contributed by atoms with Crippen LogP contribution in [0.5, 0.6) is 5.75 Å². The summed E-state index contributed by atoms with van der Waals surface area (Å²) in [5.41, 5.74) is 2.72. The molecule has 2 aromatic carbocycles. The molecule has 0 bridgehead atoms. The van der Waals surface area contributed by atoms with Crippen molar-refractivity contribution in [3.63, 3.8) is 0 Å². The predicted molar refractivity (Wildman–Crippen MR) is 82.1 cm³/mol. The van der Waals surface area contributed by atoms with Crippen LogP contribution < -0.4 is 10.1 Å². The molecule has 1 aliphatic carbocycles. The average Bonchev–Trinajstić information content (AvgIpc) is 3.30. The van der Waals surface area contributed by atoms with Gasteiger partial charge in [-0.2, -0.15) is 0 Å². The van der Waals surface area contributed by atoms with Gasteiger partial charge in [0, 0.05) is 11.6 Å². The fourth-order valence-electron chi connectivity index (χ4n) is 3.19. The van der Waals surface area contributed by atoms with Gasteiger partial charge in [0.1, 0.15) is 5.75 Å². The molecule has 2 aromatic rings. The molecule has 3 atom stereocenters. The van der Waals surface area contributed by atoms with Crippen LogP contribution >= 0.6 is 0 Å². The zero-order chi connectivity index (χ0) is 13.9. The molecule has 20 heavy (non-hydrogen) atoms. The van der Waals surface area contributed by atoms with E-state index in [9.17, 15) is 0 Å². The molecule has 0 amide bonds. The van der Waals surface area contributed by atoms with E-state index in [1.165, 1.54) is 17.5 Å². The number of ether oxygens (including phenoxy) is 1. The third kappa shape index (κ3) is 2.44. The standard InChI is InChI=1S/C18H21NO/c1-19-18(14-10-6-7-11-17(14)20-2)16-12-15(16)13-8-4-3-5-9-13/h3-11,15-16,18-19H,12H2,1-2H3. The van der Waals surface area contributed by atoms with Gasteiger partial charge in [0.15, 0.2) is 0 Å². The first-order chi connectivity index (χ1) is 9.85. The maximum atomic E-state index is 5.51. The van der Waals surface area contributed by atoms with Crippen molar-refractivity contribution < 1.29 is 4.74 Å². The molecule has 2 heteroatoms. The fourth-order valence-corrected chi connectivity index (χ4v) is 3.19. The Morgan fingerprint density at radius 2 is 1.75 bits per heavy atom. The van der Waals surface area contributed by atoms with Crippen molar-refractivity contribution in [1.29, 1.82) is 0 Å². The normalized spacial score (nSPS) is 22.3. The number of benzene rings is 2. The Hall–Kier alpha value is -1.80. The Balaban J connectivity index is 1.82. The van der Waals surface area contributed by atoms with Crippen LogP contribution in [0.2, 0.25) is 0 Å². The number of hydrogen-bond acceptors (Lipinski definition) is 2. The Labute approximate surface area is 120 Å². The van der Waals surface area contributed by atoms with Crippen molar-refractivity contribution in [1.82, 2.24) is 5.32 Å². The van der Waals surface area contributed by atoms with Crippen molar-refractivity contribution in [2.45, 2.75) is 18.4 Å². The highest BCUT2D eigenvalue weighted by molar-refractivity contribution is 5.39. The molecule has 1 aliphatic rings. The van der Waals surface area contributed by atoms with Crippen LogP contribution in [0, 0.1) is 5.92 Å². The van der Waals surface area contributed by atoms with Crippen LogP contribution in [0.3, 0.4) is 0 Å². The zero-order valence-corrected chi connectivity index (χ0v) is 12.0. The second kappa shape index (κ2) is 5.68. The van der Waals surface area contributed by atoms with Crippen LogP contribution in [0.25, 0.3) is 0 Å². The molecule has 0 spiro atoms. The van der Waals surface area contributed by atoms with Crippen molar-refractivity contribution in [2.24, 2.45) is 5.92 Å². The third-order valence-corrected chi connectivity index (χ3v) is 4.28. The predicted octanol–water partition coefficient (Wildman–Crippen LogP) is 3.76. The van der Waals surface area contributed by atoms with Gasteiger partial charge in [-0.15, -0.1) is 0 Å². The van der Waals surface area contributed by atoms with E-state index >= 15 is 0 Å². The van der Waals surface area contributed by atoms with Crippen LogP contribution in [0.1, 0.15) is 29.5 Å². The summed E-state index contributed by atoms with van der Waals surface area (Å²) >= 11 is 0. The number of hydrogen-bond donors (Lipinski definition) is 1. The smallest absolute Gasteiger partial charge is 0.123 e. The first-order valence-electron chi connectivity index (χ1n) is 7.20. The first-order valence-corrected chi connectivity index (χ1v) is 7.20. The summed E-state index contributed by atoms with van der Waals surface area (Å²) in [6.07, 6.45) is 1.24. The van der Waals surface area contributed by atoms with Crippen LogP contribution in [-0.4, -0.2) is 14.2 Å². The van der Waals surface area contributed by atoms with Crippen LogP contribution in [-0.2, 0) is 0 Å². The summed E-state index contributed by atoms with van der Waals surface area (Å²) < 4.78 is 5.51. The van der Waals surface area contributed by atoms with Gasteiger partial charge in [0.05, 0.1) is 7.11 Å². The molecule has 3 rings (SSSR count). The average molecular weight is 267 g/mol. The molecule has 2 nitrogen and oxygen atoms in total. The van der Waals surface area contributed by atoms with E-state index in [1.807, 2.05) is 19.2 Å². The highest BCUT2D eigenvalue weighted by atomic mass is 16.5. The Morgan fingerprint density at radius 1 is 1.05 bits per heavy atom. The largest absolute Gasteiger partial charge is 0.496 e. The van der Waals surface area contributed by atoms with Gasteiger partial charge in [-0.1, -0.05) is 48.5 Å². The lowest BCUT2D eigenvalue weighted by Crippen LogP contribution is -2.19. The second-order valence-corrected chi connectivity index (χ2v) is 5.43. The third-order valence-electron chi connectivity index (χ3n) is 4.28. The van der Waals surface area contributed by atoms with Gasteiger partial charge >= 0.3 is 0 Å². The van der Waals surface area contributed by atoms with Gasteiger partial charge in [0.2, 0.25) is 0 Å². The van der Waals surface area contributed by atoms with Crippen molar-refractivity contribution in [3.05, 3.63) is 65.7 Å². The van der Waals surface area contributed by atoms with Gasteiger partial charge in [-0.05, 0) is 36.9 Å². The minimum absolute atomic E-state index is 0.358. The summed E-state index contributed by atoms with van der Waals surface area (Å²) in [7, 11) is 3.78. The zero-order valence-electron chi connectivity index (χ0n) is 12.0. The lowest BCUT2D eigenvalue weighted by molar-refractivity contribution is 0.395. The number of rotatable bonds is 5. The number of para-hydroxylation sites is 1. The number of methoxy groups -OCH3 is 1. The molecule has 1 saturated carbocycles. The van der Waals surface area contributed by atoms with E-state index in [0.717, 1.165) is 5.75 Å². The van der Waals surface area contributed by atoms with Gasteiger partial charge in [-0.3, -0.25) is 0 Å². The topological polar surface area (TPSA) is 21.3 Å². The molecule has 0 heterocycles. The van der Waals surface area contributed by atoms with Crippen LogP contribution in [0.15, 0.2) is 54.6 Å². The molecule has 0 aliphatic heterocycles. The Morgan fingerprint density at radius 3 is 2.45 bits per heavy atom. The SMILES string of the molecule is CNC(c1ccccc1OC)C1CC1c1ccccc1. The van der Waals surface area contributed by atoms with Gasteiger partial charge in [0.25, 0.3) is 0 Å². The maximum Gasteiger partial charge on any atom is 0.123 e. The second-order valence-electron chi connectivity index (χ2n) is 5.43. The molecule has 3 unspecified atom stereocenters. The lowest BCUT2D eigenvalue weighted by Gasteiger charge is -2.19. The first kappa shape index (κ1) is 13.2. The van der Waals surface area contributed by atoms with Gasteiger partial charge in [-0.25, -0.2) is 0 Å². The monoisotopic (exact) mass is 267 g/mol. The summed E-state index contributed by atoms with van der Waals surface area (Å²) in [5, 5.41) is 3.47. The van der Waals surface area contributed by atoms with Gasteiger partial charge < -0.3 is 10.1 Å². The minimum atomic E-state index is 0.358. The highest BCUT2D eigenvalue weighted by Crippen LogP contribution is 2.54. The summed E-state index contributed by atoms with van der Waals surface area (Å²) in [6.45, 7) is 0. The molecule has 104 valence electrons. The highest BCUT2D eigenvalue weighted by Gasteiger charge is 2.44. The van der Waals surface area contributed by atoms with Crippen molar-refractivity contribution >= 4 is 0 Å². The van der Waals surface area contributed by atoms with E-state index < -0.39 is 0 Å². The summed E-state index contributed by atoms with van der Waals surface area (Å²) in [5.74, 6) is 2.29. The maximum absolute atomic E-state index is 5.51. The molecule has 0 aromatic heterocycles. The van der Waals surface area contributed by atoms with E-state index in [-0.39, 0.29) is 0 Å². The molecule has 1 N–H and O–H groups in total. The van der Waals surface area contributed by atoms with E-state index in [2.05, 4.69) is 47.8 Å². The molecule has 0 saturated heterocycles. The molecule has 1 fully saturated rings. The lowest BCUT2D eigenvalue weighted by atomic mass is 9.98. The molecular formula is C18H21NO. The van der Waals surface area contributed by atoms with E-state index in [0.29, 0.717) is 17.9 Å². The van der Waals surface area contributed by atoms with E-state index in [1.54, 1.807) is 7.11 Å². The van der Waals surface area contributed by atoms with E-state index in [4.69, 9.17) is 4.74 Å². The molecule has 0 radical (unpaired) electrons. The minimum Gasteiger partial charge on any atom is -0.496 e. The fraction of sp³-hybridized carbons (Fsp3) is 0.333. The summed E-state index contributed by atoms with van der Waals surface area (Å²) in [6, 6.07) is 19.5. The summed E-state index contributed by atoms with van der Waals surface area (Å²) in [4.78, 5) is 0.